The fourth-order valence-electron chi connectivity index (χ4n) is 1.29. The van der Waals surface area contributed by atoms with E-state index in [2.05, 4.69) is 0 Å². The van der Waals surface area contributed by atoms with Crippen molar-refractivity contribution in [1.82, 2.24) is 0 Å². The summed E-state index contributed by atoms with van der Waals surface area (Å²) in [5, 5.41) is 0. The zero-order valence-corrected chi connectivity index (χ0v) is 11.1. The van der Waals surface area contributed by atoms with Crippen molar-refractivity contribution in [2.75, 3.05) is 6.61 Å². The molecule has 0 atom stereocenters. The van der Waals surface area contributed by atoms with E-state index in [9.17, 15) is 14.4 Å². The monoisotopic (exact) mass is 264 g/mol. The Balaban J connectivity index is 2.90. The van der Waals surface area contributed by atoms with Crippen molar-refractivity contribution >= 4 is 18.2 Å². The molecule has 1 rings (SSSR count). The highest BCUT2D eigenvalue weighted by Gasteiger charge is 2.39. The number of benzene rings is 1. The Morgan fingerprint density at radius 1 is 1.21 bits per heavy atom. The fourth-order valence-corrected chi connectivity index (χ4v) is 1.29. The average Bonchev–Trinajstić information content (AvgIpc) is 2.39. The molecule has 1 aromatic carbocycles. The number of hydrogen-bond acceptors (Lipinski definition) is 5. The molecule has 1 aromatic rings. The van der Waals surface area contributed by atoms with E-state index in [1.807, 2.05) is 0 Å². The summed E-state index contributed by atoms with van der Waals surface area (Å²) in [4.78, 5) is 34.4. The normalized spacial score (nSPS) is 10.7. The summed E-state index contributed by atoms with van der Waals surface area (Å²) in [5.41, 5.74) is -1.18. The lowest BCUT2D eigenvalue weighted by molar-refractivity contribution is -0.164. The molecule has 0 radical (unpaired) electrons. The van der Waals surface area contributed by atoms with Gasteiger partial charge in [0.2, 0.25) is 0 Å². The molecule has 0 spiro atoms. The molecule has 0 aliphatic heterocycles. The lowest BCUT2D eigenvalue weighted by Gasteiger charge is -2.20. The Morgan fingerprint density at radius 3 is 2.42 bits per heavy atom. The van der Waals surface area contributed by atoms with Crippen LogP contribution in [0.5, 0.6) is 5.75 Å². The van der Waals surface area contributed by atoms with Gasteiger partial charge in [-0.25, -0.2) is 0 Å². The maximum Gasteiger partial charge on any atom is 0.328 e. The lowest BCUT2D eigenvalue weighted by atomic mass is 9.94. The van der Waals surface area contributed by atoms with Crippen molar-refractivity contribution in [3.8, 4) is 5.75 Å². The van der Waals surface area contributed by atoms with E-state index in [4.69, 9.17) is 9.47 Å². The molecule has 0 saturated heterocycles. The first kappa shape index (κ1) is 14.9. The van der Waals surface area contributed by atoms with Gasteiger partial charge in [-0.05, 0) is 32.9 Å². The molecule has 0 aromatic heterocycles. The predicted octanol–water partition coefficient (Wildman–Crippen LogP) is 1.99. The van der Waals surface area contributed by atoms with Crippen molar-refractivity contribution in [2.45, 2.75) is 20.8 Å². The second-order valence-electron chi connectivity index (χ2n) is 4.39. The third kappa shape index (κ3) is 3.40. The minimum atomic E-state index is -1.42. The lowest BCUT2D eigenvalue weighted by Crippen LogP contribution is -2.38. The third-order valence-electron chi connectivity index (χ3n) is 2.54. The van der Waals surface area contributed by atoms with Gasteiger partial charge in [-0.15, -0.1) is 0 Å². The van der Waals surface area contributed by atoms with Gasteiger partial charge in [-0.3, -0.25) is 14.4 Å². The summed E-state index contributed by atoms with van der Waals surface area (Å²) in [5.74, 6) is -1.30. The van der Waals surface area contributed by atoms with Crippen LogP contribution in [0.2, 0.25) is 0 Å². The molecular weight excluding hydrogens is 248 g/mol. The Hall–Kier alpha value is -2.17. The van der Waals surface area contributed by atoms with Gasteiger partial charge in [0.05, 0.1) is 12.2 Å². The number of hydrogen-bond donors (Lipinski definition) is 0. The summed E-state index contributed by atoms with van der Waals surface area (Å²) in [6, 6.07) is 6.29. The molecule has 0 heterocycles. The first-order chi connectivity index (χ1) is 8.93. The van der Waals surface area contributed by atoms with E-state index in [0.29, 0.717) is 6.29 Å². The van der Waals surface area contributed by atoms with Crippen molar-refractivity contribution in [1.29, 1.82) is 0 Å². The summed E-state index contributed by atoms with van der Waals surface area (Å²) in [7, 11) is 0. The van der Waals surface area contributed by atoms with Gasteiger partial charge in [-0.2, -0.15) is 0 Å². The van der Waals surface area contributed by atoms with E-state index < -0.39 is 17.4 Å². The van der Waals surface area contributed by atoms with Crippen LogP contribution in [0.3, 0.4) is 0 Å². The molecule has 0 bridgehead atoms. The van der Waals surface area contributed by atoms with Crippen LogP contribution in [-0.4, -0.2) is 24.8 Å². The Morgan fingerprint density at radius 2 is 1.84 bits per heavy atom. The number of carbonyl (C=O) groups is 3. The Kier molecular flexibility index (Phi) is 4.80. The van der Waals surface area contributed by atoms with Gasteiger partial charge in [-0.1, -0.05) is 12.1 Å². The molecule has 0 amide bonds. The minimum Gasteiger partial charge on any atom is -0.465 e. The zero-order chi connectivity index (χ0) is 14.5. The highest BCUT2D eigenvalue weighted by molar-refractivity contribution is 6.00. The van der Waals surface area contributed by atoms with Crippen molar-refractivity contribution in [2.24, 2.45) is 5.41 Å². The maximum absolute atomic E-state index is 12.0. The minimum absolute atomic E-state index is 0.125. The van der Waals surface area contributed by atoms with E-state index >= 15 is 0 Å². The smallest absolute Gasteiger partial charge is 0.328 e. The number of ether oxygens (including phenoxy) is 2. The van der Waals surface area contributed by atoms with E-state index in [1.165, 1.54) is 26.0 Å². The standard InChI is InChI=1S/C14H16O5/c1-4-18-12(16)14(2,3)13(17)19-11-8-6-5-7-10(11)9-15/h5-9H,4H2,1-3H3. The van der Waals surface area contributed by atoms with Gasteiger partial charge < -0.3 is 9.47 Å². The summed E-state index contributed by atoms with van der Waals surface area (Å²) in [6.07, 6.45) is 0.583. The molecule has 5 heteroatoms. The van der Waals surface area contributed by atoms with Gasteiger partial charge >= 0.3 is 11.9 Å². The predicted molar refractivity (Wildman–Crippen MR) is 67.9 cm³/mol. The molecule has 0 fully saturated rings. The first-order valence-electron chi connectivity index (χ1n) is 5.87. The van der Waals surface area contributed by atoms with Crippen LogP contribution in [0.4, 0.5) is 0 Å². The first-order valence-corrected chi connectivity index (χ1v) is 5.87. The molecule has 0 N–H and O–H groups in total. The van der Waals surface area contributed by atoms with Crippen molar-refractivity contribution < 1.29 is 23.9 Å². The van der Waals surface area contributed by atoms with E-state index in [0.717, 1.165) is 0 Å². The Bertz CT molecular complexity index is 490. The van der Waals surface area contributed by atoms with Gasteiger partial charge in [0.25, 0.3) is 0 Å². The van der Waals surface area contributed by atoms with E-state index in [-0.39, 0.29) is 17.9 Å². The molecule has 0 aliphatic carbocycles. The average molecular weight is 264 g/mol. The number of carbonyl (C=O) groups excluding carboxylic acids is 3. The highest BCUT2D eigenvalue weighted by Crippen LogP contribution is 2.23. The third-order valence-corrected chi connectivity index (χ3v) is 2.54. The van der Waals surface area contributed by atoms with E-state index in [1.54, 1.807) is 19.1 Å². The molecule has 0 unspecified atom stereocenters. The molecule has 102 valence electrons. The number of rotatable bonds is 5. The van der Waals surface area contributed by atoms with Gasteiger partial charge in [0.15, 0.2) is 11.7 Å². The fraction of sp³-hybridized carbons (Fsp3) is 0.357. The molecule has 19 heavy (non-hydrogen) atoms. The molecule has 5 nitrogen and oxygen atoms in total. The zero-order valence-electron chi connectivity index (χ0n) is 11.1. The topological polar surface area (TPSA) is 69.7 Å². The van der Waals surface area contributed by atoms with Crippen LogP contribution in [0, 0.1) is 5.41 Å². The van der Waals surface area contributed by atoms with Crippen LogP contribution >= 0.6 is 0 Å². The van der Waals surface area contributed by atoms with Crippen molar-refractivity contribution in [3.05, 3.63) is 29.8 Å². The summed E-state index contributed by atoms with van der Waals surface area (Å²) < 4.78 is 9.91. The van der Waals surface area contributed by atoms with Crippen LogP contribution in [0.25, 0.3) is 0 Å². The number of para-hydroxylation sites is 1. The van der Waals surface area contributed by atoms with Crippen molar-refractivity contribution in [3.63, 3.8) is 0 Å². The molecule has 0 saturated carbocycles. The second-order valence-corrected chi connectivity index (χ2v) is 4.39. The largest absolute Gasteiger partial charge is 0.465 e. The second kappa shape index (κ2) is 6.13. The van der Waals surface area contributed by atoms with Crippen LogP contribution in [-0.2, 0) is 14.3 Å². The van der Waals surface area contributed by atoms with Gasteiger partial charge in [0.1, 0.15) is 5.75 Å². The Labute approximate surface area is 111 Å². The number of aldehydes is 1. The SMILES string of the molecule is CCOC(=O)C(C)(C)C(=O)Oc1ccccc1C=O. The van der Waals surface area contributed by atoms with Crippen LogP contribution in [0.1, 0.15) is 31.1 Å². The maximum atomic E-state index is 12.0. The molecule has 0 aliphatic rings. The highest BCUT2D eigenvalue weighted by atomic mass is 16.6. The molecular formula is C14H16O5. The van der Waals surface area contributed by atoms with Crippen LogP contribution in [0.15, 0.2) is 24.3 Å². The summed E-state index contributed by atoms with van der Waals surface area (Å²) >= 11 is 0. The number of esters is 2. The quantitative estimate of drug-likeness (QED) is 0.352. The summed E-state index contributed by atoms with van der Waals surface area (Å²) in [6.45, 7) is 4.66. The van der Waals surface area contributed by atoms with Crippen LogP contribution < -0.4 is 4.74 Å². The van der Waals surface area contributed by atoms with Gasteiger partial charge in [0, 0.05) is 0 Å².